The van der Waals surface area contributed by atoms with Crippen LogP contribution in [0.4, 0.5) is 0 Å². The van der Waals surface area contributed by atoms with Gasteiger partial charge in [-0.3, -0.25) is 0 Å². The zero-order valence-electron chi connectivity index (χ0n) is 9.31. The van der Waals surface area contributed by atoms with Gasteiger partial charge in [0, 0.05) is 18.7 Å². The van der Waals surface area contributed by atoms with Gasteiger partial charge in [0.15, 0.2) is 0 Å². The number of aliphatic hydroxyl groups is 1. The Balaban J connectivity index is 2.21. The van der Waals surface area contributed by atoms with Crippen molar-refractivity contribution in [2.24, 2.45) is 5.92 Å². The fourth-order valence-electron chi connectivity index (χ4n) is 1.74. The van der Waals surface area contributed by atoms with Gasteiger partial charge in [0.25, 0.3) is 0 Å². The normalized spacial score (nSPS) is 26.5. The van der Waals surface area contributed by atoms with Gasteiger partial charge in [-0.1, -0.05) is 6.08 Å². The van der Waals surface area contributed by atoms with E-state index >= 15 is 0 Å². The zero-order chi connectivity index (χ0) is 11.4. The van der Waals surface area contributed by atoms with Crippen molar-refractivity contribution in [2.75, 3.05) is 20.1 Å². The summed E-state index contributed by atoms with van der Waals surface area (Å²) in [6, 6.07) is 0. The predicted octanol–water partition coefficient (Wildman–Crippen LogP) is 0.720. The van der Waals surface area contributed by atoms with Crippen LogP contribution in [0.25, 0.3) is 0 Å². The van der Waals surface area contributed by atoms with Crippen LogP contribution in [0.15, 0.2) is 11.6 Å². The largest absolute Gasteiger partial charge is 0.478 e. The van der Waals surface area contributed by atoms with Crippen LogP contribution in [-0.4, -0.2) is 47.3 Å². The lowest BCUT2D eigenvalue weighted by Gasteiger charge is -2.34. The summed E-state index contributed by atoms with van der Waals surface area (Å²) in [5.41, 5.74) is 0.385. The summed E-state index contributed by atoms with van der Waals surface area (Å²) >= 11 is 0. The minimum atomic E-state index is -0.859. The van der Waals surface area contributed by atoms with Gasteiger partial charge in [-0.25, -0.2) is 4.79 Å². The SMILES string of the molecule is CC(=CCN(C)CC1CC(O)C1)C(=O)O. The zero-order valence-corrected chi connectivity index (χ0v) is 9.31. The van der Waals surface area contributed by atoms with Crippen LogP contribution in [0.5, 0.6) is 0 Å². The average molecular weight is 213 g/mol. The Morgan fingerprint density at radius 1 is 1.53 bits per heavy atom. The Morgan fingerprint density at radius 2 is 2.13 bits per heavy atom. The summed E-state index contributed by atoms with van der Waals surface area (Å²) in [6.45, 7) is 3.19. The Hall–Kier alpha value is -0.870. The van der Waals surface area contributed by atoms with Crippen LogP contribution in [0.3, 0.4) is 0 Å². The van der Waals surface area contributed by atoms with Crippen molar-refractivity contribution < 1.29 is 15.0 Å². The van der Waals surface area contributed by atoms with Crippen molar-refractivity contribution in [2.45, 2.75) is 25.9 Å². The topological polar surface area (TPSA) is 60.8 Å². The van der Waals surface area contributed by atoms with Gasteiger partial charge >= 0.3 is 5.97 Å². The molecule has 0 aliphatic heterocycles. The maximum atomic E-state index is 10.5. The van der Waals surface area contributed by atoms with E-state index in [1.807, 2.05) is 7.05 Å². The maximum Gasteiger partial charge on any atom is 0.330 e. The number of aliphatic carboxylic acids is 1. The molecule has 0 spiro atoms. The van der Waals surface area contributed by atoms with Gasteiger partial charge in [-0.05, 0) is 32.7 Å². The highest BCUT2D eigenvalue weighted by molar-refractivity contribution is 5.85. The molecule has 1 rings (SSSR count). The molecule has 0 saturated heterocycles. The van der Waals surface area contributed by atoms with Crippen molar-refractivity contribution in [1.29, 1.82) is 0 Å². The number of aliphatic hydroxyl groups excluding tert-OH is 1. The molecule has 1 saturated carbocycles. The number of carbonyl (C=O) groups is 1. The number of hydrogen-bond donors (Lipinski definition) is 2. The van der Waals surface area contributed by atoms with E-state index in [-0.39, 0.29) is 6.10 Å². The van der Waals surface area contributed by atoms with E-state index < -0.39 is 5.97 Å². The Labute approximate surface area is 90.2 Å². The second kappa shape index (κ2) is 5.28. The summed E-state index contributed by atoms with van der Waals surface area (Å²) < 4.78 is 0. The fraction of sp³-hybridized carbons (Fsp3) is 0.727. The summed E-state index contributed by atoms with van der Waals surface area (Å²) in [6.07, 6.45) is 3.37. The molecular weight excluding hydrogens is 194 g/mol. The lowest BCUT2D eigenvalue weighted by atomic mass is 9.82. The molecule has 0 radical (unpaired) electrons. The van der Waals surface area contributed by atoms with E-state index in [0.29, 0.717) is 18.0 Å². The molecule has 1 aliphatic rings. The summed E-state index contributed by atoms with van der Waals surface area (Å²) in [5, 5.41) is 17.8. The standard InChI is InChI=1S/C11H19NO3/c1-8(11(14)15)3-4-12(2)7-9-5-10(13)6-9/h3,9-10,13H,4-7H2,1-2H3,(H,14,15). The van der Waals surface area contributed by atoms with Gasteiger partial charge in [0.2, 0.25) is 0 Å². The molecule has 0 unspecified atom stereocenters. The third kappa shape index (κ3) is 4.01. The van der Waals surface area contributed by atoms with Gasteiger partial charge in [0.1, 0.15) is 0 Å². The van der Waals surface area contributed by atoms with Gasteiger partial charge in [-0.15, -0.1) is 0 Å². The number of carboxylic acids is 1. The molecule has 1 aliphatic carbocycles. The predicted molar refractivity (Wildman–Crippen MR) is 57.6 cm³/mol. The molecule has 0 atom stereocenters. The number of hydrogen-bond acceptors (Lipinski definition) is 3. The van der Waals surface area contributed by atoms with Crippen LogP contribution in [0.2, 0.25) is 0 Å². The third-order valence-electron chi connectivity index (χ3n) is 2.83. The highest BCUT2D eigenvalue weighted by atomic mass is 16.4. The highest BCUT2D eigenvalue weighted by Gasteiger charge is 2.27. The van der Waals surface area contributed by atoms with Gasteiger partial charge < -0.3 is 15.1 Å². The maximum absolute atomic E-state index is 10.5. The van der Waals surface area contributed by atoms with E-state index in [2.05, 4.69) is 4.90 Å². The fourth-order valence-corrected chi connectivity index (χ4v) is 1.74. The minimum Gasteiger partial charge on any atom is -0.478 e. The lowest BCUT2D eigenvalue weighted by molar-refractivity contribution is -0.132. The molecule has 2 N–H and O–H groups in total. The average Bonchev–Trinajstić information content (AvgIpc) is 2.11. The van der Waals surface area contributed by atoms with Crippen molar-refractivity contribution in [3.8, 4) is 0 Å². The molecule has 0 aromatic carbocycles. The molecule has 0 amide bonds. The first-order chi connectivity index (χ1) is 6.99. The van der Waals surface area contributed by atoms with E-state index in [1.165, 1.54) is 0 Å². The number of nitrogens with zero attached hydrogens (tertiary/aromatic N) is 1. The molecular formula is C11H19NO3. The van der Waals surface area contributed by atoms with E-state index in [9.17, 15) is 4.79 Å². The van der Waals surface area contributed by atoms with Crippen molar-refractivity contribution in [1.82, 2.24) is 4.90 Å². The second-order valence-corrected chi connectivity index (χ2v) is 4.40. The third-order valence-corrected chi connectivity index (χ3v) is 2.83. The van der Waals surface area contributed by atoms with Crippen LogP contribution in [0, 0.1) is 5.92 Å². The van der Waals surface area contributed by atoms with Crippen LogP contribution >= 0.6 is 0 Å². The molecule has 4 heteroatoms. The Kier molecular flexibility index (Phi) is 4.29. The van der Waals surface area contributed by atoms with Crippen LogP contribution in [0.1, 0.15) is 19.8 Å². The van der Waals surface area contributed by atoms with E-state index in [1.54, 1.807) is 13.0 Å². The molecule has 0 bridgehead atoms. The van der Waals surface area contributed by atoms with Gasteiger partial charge in [0.05, 0.1) is 6.10 Å². The van der Waals surface area contributed by atoms with E-state index in [4.69, 9.17) is 10.2 Å². The molecule has 0 aromatic heterocycles. The van der Waals surface area contributed by atoms with Crippen LogP contribution < -0.4 is 0 Å². The second-order valence-electron chi connectivity index (χ2n) is 4.40. The molecule has 15 heavy (non-hydrogen) atoms. The minimum absolute atomic E-state index is 0.111. The quantitative estimate of drug-likeness (QED) is 0.661. The van der Waals surface area contributed by atoms with Crippen molar-refractivity contribution >= 4 is 5.97 Å². The first-order valence-corrected chi connectivity index (χ1v) is 5.25. The Morgan fingerprint density at radius 3 is 2.60 bits per heavy atom. The Bertz CT molecular complexity index is 257. The summed E-state index contributed by atoms with van der Waals surface area (Å²) in [4.78, 5) is 12.6. The molecule has 0 aromatic rings. The highest BCUT2D eigenvalue weighted by Crippen LogP contribution is 2.27. The number of likely N-dealkylation sites (N-methyl/N-ethyl adjacent to an activating group) is 1. The molecule has 1 fully saturated rings. The molecule has 86 valence electrons. The first kappa shape index (κ1) is 12.2. The number of carboxylic acid groups (broad SMARTS) is 1. The summed E-state index contributed by atoms with van der Waals surface area (Å²) in [5.74, 6) is -0.286. The first-order valence-electron chi connectivity index (χ1n) is 5.25. The summed E-state index contributed by atoms with van der Waals surface area (Å²) in [7, 11) is 1.97. The smallest absolute Gasteiger partial charge is 0.330 e. The monoisotopic (exact) mass is 213 g/mol. The van der Waals surface area contributed by atoms with Gasteiger partial charge in [-0.2, -0.15) is 0 Å². The lowest BCUT2D eigenvalue weighted by Crippen LogP contribution is -2.37. The van der Waals surface area contributed by atoms with Crippen molar-refractivity contribution in [3.63, 3.8) is 0 Å². The van der Waals surface area contributed by atoms with Crippen LogP contribution in [-0.2, 0) is 4.79 Å². The van der Waals surface area contributed by atoms with E-state index in [0.717, 1.165) is 19.4 Å². The number of rotatable bonds is 5. The molecule has 0 heterocycles. The molecule has 4 nitrogen and oxygen atoms in total. The van der Waals surface area contributed by atoms with Crippen molar-refractivity contribution in [3.05, 3.63) is 11.6 Å².